The lowest BCUT2D eigenvalue weighted by Crippen LogP contribution is -2.05. The van der Waals surface area contributed by atoms with Crippen LogP contribution in [0.4, 0.5) is 0 Å². The van der Waals surface area contributed by atoms with E-state index < -0.39 is 0 Å². The van der Waals surface area contributed by atoms with Crippen LogP contribution in [0.15, 0.2) is 67.0 Å². The number of aromatic nitrogens is 2. The molecule has 0 amide bonds. The minimum atomic E-state index is 0.677. The molecule has 0 fully saturated rings. The molecule has 0 aliphatic heterocycles. The zero-order valence-electron chi connectivity index (χ0n) is 14.3. The van der Waals surface area contributed by atoms with Crippen molar-refractivity contribution >= 4 is 11.8 Å². The lowest BCUT2D eigenvalue weighted by atomic mass is 10.2. The molecule has 0 atom stereocenters. The van der Waals surface area contributed by atoms with Gasteiger partial charge in [0.15, 0.2) is 0 Å². The van der Waals surface area contributed by atoms with Crippen molar-refractivity contribution in [3.8, 4) is 11.5 Å². The Hall–Kier alpha value is -2.40. The Morgan fingerprint density at radius 3 is 2.52 bits per heavy atom. The van der Waals surface area contributed by atoms with E-state index in [1.807, 2.05) is 54.5 Å². The van der Waals surface area contributed by atoms with Gasteiger partial charge in [-0.05, 0) is 29.8 Å². The van der Waals surface area contributed by atoms with E-state index in [9.17, 15) is 0 Å². The van der Waals surface area contributed by atoms with Crippen LogP contribution in [0.25, 0.3) is 0 Å². The van der Waals surface area contributed by atoms with Crippen molar-refractivity contribution in [2.24, 2.45) is 0 Å². The van der Waals surface area contributed by atoms with E-state index in [1.165, 1.54) is 5.56 Å². The first-order valence-electron chi connectivity index (χ1n) is 8.23. The number of rotatable bonds is 9. The Morgan fingerprint density at radius 2 is 1.76 bits per heavy atom. The average Bonchev–Trinajstić information content (AvgIpc) is 3.10. The van der Waals surface area contributed by atoms with Gasteiger partial charge in [-0.15, -0.1) is 0 Å². The van der Waals surface area contributed by atoms with Crippen molar-refractivity contribution in [1.29, 1.82) is 0 Å². The van der Waals surface area contributed by atoms with E-state index in [4.69, 9.17) is 9.47 Å². The second-order valence-electron chi connectivity index (χ2n) is 5.53. The van der Waals surface area contributed by atoms with E-state index in [-0.39, 0.29) is 0 Å². The molecule has 0 spiro atoms. The van der Waals surface area contributed by atoms with Gasteiger partial charge in [0.2, 0.25) is 0 Å². The molecule has 0 saturated carbocycles. The molecule has 3 rings (SSSR count). The van der Waals surface area contributed by atoms with Crippen LogP contribution in [0, 0.1) is 0 Å². The van der Waals surface area contributed by atoms with Crippen molar-refractivity contribution in [2.45, 2.75) is 12.3 Å². The number of methoxy groups -OCH3 is 1. The molecule has 0 aliphatic carbocycles. The first-order valence-corrected chi connectivity index (χ1v) is 9.39. The molecule has 1 aromatic heterocycles. The van der Waals surface area contributed by atoms with E-state index in [0.717, 1.165) is 35.4 Å². The van der Waals surface area contributed by atoms with Crippen LogP contribution in [-0.4, -0.2) is 29.0 Å². The van der Waals surface area contributed by atoms with Crippen molar-refractivity contribution in [3.63, 3.8) is 0 Å². The molecule has 1 heterocycles. The third-order valence-corrected chi connectivity index (χ3v) is 4.70. The molecule has 130 valence electrons. The fourth-order valence-electron chi connectivity index (χ4n) is 2.46. The largest absolute Gasteiger partial charge is 0.497 e. The Labute approximate surface area is 152 Å². The molecule has 2 aromatic carbocycles. The molecular weight excluding hydrogens is 332 g/mol. The van der Waals surface area contributed by atoms with Crippen LogP contribution in [0.5, 0.6) is 11.5 Å². The minimum Gasteiger partial charge on any atom is -0.497 e. The first-order chi connectivity index (χ1) is 12.3. The lowest BCUT2D eigenvalue weighted by molar-refractivity contribution is 0.342. The van der Waals surface area contributed by atoms with Crippen LogP contribution in [0.3, 0.4) is 0 Å². The zero-order valence-corrected chi connectivity index (χ0v) is 15.1. The standard InChI is InChI=1S/C20H22N2O2S/c1-23-18-7-9-19(10-8-18)24-13-14-25-16-20-21-11-12-22(20)15-17-5-3-2-4-6-17/h2-12H,13-16H2,1H3. The van der Waals surface area contributed by atoms with E-state index >= 15 is 0 Å². The van der Waals surface area contributed by atoms with Crippen LogP contribution >= 0.6 is 11.8 Å². The van der Waals surface area contributed by atoms with Gasteiger partial charge in [0.05, 0.1) is 19.5 Å². The summed E-state index contributed by atoms with van der Waals surface area (Å²) in [6.07, 6.45) is 3.91. The van der Waals surface area contributed by atoms with Gasteiger partial charge >= 0.3 is 0 Å². The Kier molecular flexibility index (Phi) is 6.40. The van der Waals surface area contributed by atoms with E-state index in [2.05, 4.69) is 33.8 Å². The first kappa shape index (κ1) is 17.4. The van der Waals surface area contributed by atoms with Gasteiger partial charge in [0, 0.05) is 24.7 Å². The summed E-state index contributed by atoms with van der Waals surface area (Å²) in [5, 5.41) is 0. The molecule has 0 saturated heterocycles. The molecular formula is C20H22N2O2S. The van der Waals surface area contributed by atoms with E-state index in [1.54, 1.807) is 7.11 Å². The summed E-state index contributed by atoms with van der Waals surface area (Å²) in [7, 11) is 1.66. The number of imidazole rings is 1. The smallest absolute Gasteiger partial charge is 0.119 e. The Balaban J connectivity index is 1.41. The SMILES string of the molecule is COc1ccc(OCCSCc2nccn2Cc2ccccc2)cc1. The quantitative estimate of drug-likeness (QED) is 0.538. The molecule has 0 bridgehead atoms. The van der Waals surface area contributed by atoms with Gasteiger partial charge in [0.25, 0.3) is 0 Å². The molecule has 4 nitrogen and oxygen atoms in total. The number of nitrogens with zero attached hydrogens (tertiary/aromatic N) is 2. The van der Waals surface area contributed by atoms with Gasteiger partial charge in [-0.3, -0.25) is 0 Å². The highest BCUT2D eigenvalue weighted by Gasteiger charge is 2.04. The highest BCUT2D eigenvalue weighted by atomic mass is 32.2. The number of hydrogen-bond acceptors (Lipinski definition) is 4. The minimum absolute atomic E-state index is 0.677. The van der Waals surface area contributed by atoms with E-state index in [0.29, 0.717) is 6.61 Å². The summed E-state index contributed by atoms with van der Waals surface area (Å²) in [4.78, 5) is 4.47. The third-order valence-electron chi connectivity index (χ3n) is 3.78. The summed E-state index contributed by atoms with van der Waals surface area (Å²) in [5.41, 5.74) is 1.29. The van der Waals surface area contributed by atoms with Crippen molar-refractivity contribution in [2.75, 3.05) is 19.5 Å². The summed E-state index contributed by atoms with van der Waals surface area (Å²) in [5.74, 6) is 4.60. The van der Waals surface area contributed by atoms with Crippen molar-refractivity contribution < 1.29 is 9.47 Å². The molecule has 0 aliphatic rings. The maximum atomic E-state index is 5.75. The maximum Gasteiger partial charge on any atom is 0.119 e. The number of hydrogen-bond donors (Lipinski definition) is 0. The molecule has 0 radical (unpaired) electrons. The third kappa shape index (κ3) is 5.29. The summed E-state index contributed by atoms with van der Waals surface area (Å²) in [6.45, 7) is 1.54. The normalized spacial score (nSPS) is 10.6. The van der Waals surface area contributed by atoms with Gasteiger partial charge in [-0.2, -0.15) is 11.8 Å². The number of ether oxygens (including phenoxy) is 2. The maximum absolute atomic E-state index is 5.75. The molecule has 25 heavy (non-hydrogen) atoms. The summed E-state index contributed by atoms with van der Waals surface area (Å²) in [6, 6.07) is 18.1. The van der Waals surface area contributed by atoms with Gasteiger partial charge < -0.3 is 14.0 Å². The van der Waals surface area contributed by atoms with Crippen molar-refractivity contribution in [3.05, 3.63) is 78.4 Å². The van der Waals surface area contributed by atoms with Gasteiger partial charge in [-0.1, -0.05) is 30.3 Å². The predicted molar refractivity (Wildman–Crippen MR) is 102 cm³/mol. The van der Waals surface area contributed by atoms with Crippen LogP contribution in [0.2, 0.25) is 0 Å². The predicted octanol–water partition coefficient (Wildman–Crippen LogP) is 4.25. The van der Waals surface area contributed by atoms with Crippen LogP contribution in [-0.2, 0) is 12.3 Å². The lowest BCUT2D eigenvalue weighted by Gasteiger charge is -2.09. The Morgan fingerprint density at radius 1 is 1.00 bits per heavy atom. The molecule has 3 aromatic rings. The van der Waals surface area contributed by atoms with Crippen molar-refractivity contribution in [1.82, 2.24) is 9.55 Å². The van der Waals surface area contributed by atoms with Gasteiger partial charge in [-0.25, -0.2) is 4.98 Å². The molecule has 0 unspecified atom stereocenters. The average molecular weight is 354 g/mol. The topological polar surface area (TPSA) is 36.3 Å². The second kappa shape index (κ2) is 9.18. The zero-order chi connectivity index (χ0) is 17.3. The Bertz CT molecular complexity index is 757. The highest BCUT2D eigenvalue weighted by Crippen LogP contribution is 2.18. The fraction of sp³-hybridized carbons (Fsp3) is 0.250. The summed E-state index contributed by atoms with van der Waals surface area (Å²) < 4.78 is 13.1. The van der Waals surface area contributed by atoms with Crippen LogP contribution < -0.4 is 9.47 Å². The molecule has 0 N–H and O–H groups in total. The molecule has 5 heteroatoms. The second-order valence-corrected chi connectivity index (χ2v) is 6.64. The van der Waals surface area contributed by atoms with Crippen LogP contribution in [0.1, 0.15) is 11.4 Å². The highest BCUT2D eigenvalue weighted by molar-refractivity contribution is 7.98. The number of thioether (sulfide) groups is 1. The summed E-state index contributed by atoms with van der Waals surface area (Å²) >= 11 is 1.83. The van der Waals surface area contributed by atoms with Gasteiger partial charge in [0.1, 0.15) is 17.3 Å². The number of benzene rings is 2. The fourth-order valence-corrected chi connectivity index (χ4v) is 3.23. The monoisotopic (exact) mass is 354 g/mol.